The zero-order chi connectivity index (χ0) is 12.0. The molecular weight excluding hydrogens is 196 g/mol. The Morgan fingerprint density at radius 1 is 1.31 bits per heavy atom. The third-order valence-corrected chi connectivity index (χ3v) is 3.50. The Morgan fingerprint density at radius 3 is 2.69 bits per heavy atom. The summed E-state index contributed by atoms with van der Waals surface area (Å²) in [6, 6.07) is 0.725. The predicted molar refractivity (Wildman–Crippen MR) is 71.8 cm³/mol. The Bertz CT molecular complexity index is 180. The van der Waals surface area contributed by atoms with Gasteiger partial charge in [0.15, 0.2) is 0 Å². The number of likely N-dealkylation sites (N-methyl/N-ethyl adjacent to an activating group) is 1. The highest BCUT2D eigenvalue weighted by molar-refractivity contribution is 4.82. The van der Waals surface area contributed by atoms with E-state index >= 15 is 0 Å². The second-order valence-electron chi connectivity index (χ2n) is 5.96. The molecule has 2 nitrogen and oxygen atoms in total. The summed E-state index contributed by atoms with van der Waals surface area (Å²) in [4.78, 5) is 2.50. The smallest absolute Gasteiger partial charge is 0.0198 e. The number of rotatable bonds is 6. The summed E-state index contributed by atoms with van der Waals surface area (Å²) in [5.41, 5.74) is 0. The summed E-state index contributed by atoms with van der Waals surface area (Å²) in [5.74, 6) is 1.68. The van der Waals surface area contributed by atoms with Crippen molar-refractivity contribution < 1.29 is 0 Å². The van der Waals surface area contributed by atoms with Crippen molar-refractivity contribution in [3.63, 3.8) is 0 Å². The molecule has 2 unspecified atom stereocenters. The summed E-state index contributed by atoms with van der Waals surface area (Å²) >= 11 is 0. The Hall–Kier alpha value is -0.0800. The lowest BCUT2D eigenvalue weighted by atomic mass is 9.90. The summed E-state index contributed by atoms with van der Waals surface area (Å²) in [6.07, 6.45) is 5.54. The van der Waals surface area contributed by atoms with E-state index in [2.05, 4.69) is 38.0 Å². The average Bonchev–Trinajstić information content (AvgIpc) is 2.23. The molecular formula is C14H30N2. The topological polar surface area (TPSA) is 15.3 Å². The minimum absolute atomic E-state index is 0.725. The number of unbranched alkanes of at least 4 members (excludes halogenated alkanes) is 1. The van der Waals surface area contributed by atoms with Crippen molar-refractivity contribution in [2.75, 3.05) is 26.7 Å². The second kappa shape index (κ2) is 7.29. The first kappa shape index (κ1) is 14.0. The lowest BCUT2D eigenvalue weighted by molar-refractivity contribution is 0.159. The maximum atomic E-state index is 3.72. The van der Waals surface area contributed by atoms with E-state index in [1.54, 1.807) is 0 Å². The molecule has 0 aromatic heterocycles. The van der Waals surface area contributed by atoms with E-state index < -0.39 is 0 Å². The van der Waals surface area contributed by atoms with E-state index in [0.29, 0.717) is 0 Å². The lowest BCUT2D eigenvalue weighted by Gasteiger charge is -2.36. The molecule has 0 aliphatic carbocycles. The first-order chi connectivity index (χ1) is 7.61. The average molecular weight is 226 g/mol. The number of hydrogen-bond acceptors (Lipinski definition) is 2. The molecule has 2 heteroatoms. The number of nitrogens with zero attached hydrogens (tertiary/aromatic N) is 1. The summed E-state index contributed by atoms with van der Waals surface area (Å²) in [7, 11) is 2.27. The van der Waals surface area contributed by atoms with Gasteiger partial charge in [0.2, 0.25) is 0 Å². The summed E-state index contributed by atoms with van der Waals surface area (Å²) in [6.45, 7) is 10.6. The molecule has 0 saturated carbocycles. The van der Waals surface area contributed by atoms with Crippen LogP contribution in [0.3, 0.4) is 0 Å². The van der Waals surface area contributed by atoms with Gasteiger partial charge >= 0.3 is 0 Å². The van der Waals surface area contributed by atoms with E-state index in [0.717, 1.165) is 17.9 Å². The van der Waals surface area contributed by atoms with Crippen LogP contribution in [0.25, 0.3) is 0 Å². The van der Waals surface area contributed by atoms with Gasteiger partial charge in [-0.25, -0.2) is 0 Å². The second-order valence-corrected chi connectivity index (χ2v) is 5.96. The lowest BCUT2D eigenvalue weighted by Crippen LogP contribution is -2.48. The standard InChI is InChI=1S/C14H30N2/c1-5-6-7-13-8-14(11-16(4)10-13)15-9-12(2)3/h12-15H,5-11H2,1-4H3. The van der Waals surface area contributed by atoms with Crippen molar-refractivity contribution in [3.8, 4) is 0 Å². The molecule has 0 aromatic carbocycles. The predicted octanol–water partition coefficient (Wildman–Crippen LogP) is 2.74. The maximum absolute atomic E-state index is 3.72. The Morgan fingerprint density at radius 2 is 2.06 bits per heavy atom. The highest BCUT2D eigenvalue weighted by atomic mass is 15.1. The van der Waals surface area contributed by atoms with Crippen LogP contribution in [0.2, 0.25) is 0 Å². The highest BCUT2D eigenvalue weighted by Crippen LogP contribution is 2.21. The van der Waals surface area contributed by atoms with E-state index in [-0.39, 0.29) is 0 Å². The van der Waals surface area contributed by atoms with Gasteiger partial charge < -0.3 is 10.2 Å². The van der Waals surface area contributed by atoms with Crippen LogP contribution >= 0.6 is 0 Å². The Labute approximate surface area is 102 Å². The molecule has 1 aliphatic rings. The molecule has 1 N–H and O–H groups in total. The minimum atomic E-state index is 0.725. The van der Waals surface area contributed by atoms with Gasteiger partial charge in [-0.05, 0) is 38.3 Å². The fourth-order valence-corrected chi connectivity index (χ4v) is 2.70. The molecule has 1 rings (SSSR count). The van der Waals surface area contributed by atoms with Crippen LogP contribution in [0.1, 0.15) is 46.5 Å². The van der Waals surface area contributed by atoms with Crippen LogP contribution in [-0.2, 0) is 0 Å². The number of piperidine rings is 1. The number of hydrogen-bond donors (Lipinski definition) is 1. The highest BCUT2D eigenvalue weighted by Gasteiger charge is 2.24. The van der Waals surface area contributed by atoms with Crippen molar-refractivity contribution in [3.05, 3.63) is 0 Å². The third kappa shape index (κ3) is 5.31. The van der Waals surface area contributed by atoms with Crippen LogP contribution in [0.5, 0.6) is 0 Å². The van der Waals surface area contributed by atoms with Gasteiger partial charge in [0, 0.05) is 19.1 Å². The summed E-state index contributed by atoms with van der Waals surface area (Å²) in [5, 5.41) is 3.72. The fraction of sp³-hybridized carbons (Fsp3) is 1.00. The van der Waals surface area contributed by atoms with E-state index in [4.69, 9.17) is 0 Å². The molecule has 1 aliphatic heterocycles. The van der Waals surface area contributed by atoms with Gasteiger partial charge in [0.25, 0.3) is 0 Å². The van der Waals surface area contributed by atoms with Crippen molar-refractivity contribution in [2.45, 2.75) is 52.5 Å². The molecule has 1 heterocycles. The van der Waals surface area contributed by atoms with Crippen molar-refractivity contribution in [2.24, 2.45) is 11.8 Å². The molecule has 16 heavy (non-hydrogen) atoms. The fourth-order valence-electron chi connectivity index (χ4n) is 2.70. The van der Waals surface area contributed by atoms with Crippen LogP contribution < -0.4 is 5.32 Å². The molecule has 0 aromatic rings. The van der Waals surface area contributed by atoms with Gasteiger partial charge in [-0.2, -0.15) is 0 Å². The zero-order valence-electron chi connectivity index (χ0n) is 11.6. The molecule has 96 valence electrons. The third-order valence-electron chi connectivity index (χ3n) is 3.50. The minimum Gasteiger partial charge on any atom is -0.312 e. The molecule has 0 amide bonds. The number of likely N-dealkylation sites (tertiary alicyclic amines) is 1. The first-order valence-electron chi connectivity index (χ1n) is 7.03. The van der Waals surface area contributed by atoms with Gasteiger partial charge in [0.05, 0.1) is 0 Å². The molecule has 0 radical (unpaired) electrons. The first-order valence-corrected chi connectivity index (χ1v) is 7.03. The van der Waals surface area contributed by atoms with Crippen molar-refractivity contribution in [1.29, 1.82) is 0 Å². The maximum Gasteiger partial charge on any atom is 0.0198 e. The molecule has 1 saturated heterocycles. The largest absolute Gasteiger partial charge is 0.312 e. The van der Waals surface area contributed by atoms with Crippen LogP contribution in [0.15, 0.2) is 0 Å². The molecule has 1 fully saturated rings. The van der Waals surface area contributed by atoms with Gasteiger partial charge in [-0.15, -0.1) is 0 Å². The van der Waals surface area contributed by atoms with Crippen LogP contribution in [0.4, 0.5) is 0 Å². The number of nitrogens with one attached hydrogen (secondary N) is 1. The zero-order valence-corrected chi connectivity index (χ0v) is 11.6. The van der Waals surface area contributed by atoms with Gasteiger partial charge in [-0.1, -0.05) is 33.6 Å². The quantitative estimate of drug-likeness (QED) is 0.749. The Kier molecular flexibility index (Phi) is 6.37. The Balaban J connectivity index is 2.29. The van der Waals surface area contributed by atoms with E-state index in [9.17, 15) is 0 Å². The van der Waals surface area contributed by atoms with Gasteiger partial charge in [0.1, 0.15) is 0 Å². The van der Waals surface area contributed by atoms with E-state index in [1.807, 2.05) is 0 Å². The molecule has 2 atom stereocenters. The molecule has 0 spiro atoms. The van der Waals surface area contributed by atoms with Crippen LogP contribution in [-0.4, -0.2) is 37.6 Å². The van der Waals surface area contributed by atoms with Gasteiger partial charge in [-0.3, -0.25) is 0 Å². The van der Waals surface area contributed by atoms with Crippen molar-refractivity contribution >= 4 is 0 Å². The summed E-state index contributed by atoms with van der Waals surface area (Å²) < 4.78 is 0. The molecule has 0 bridgehead atoms. The normalized spacial score (nSPS) is 27.6. The van der Waals surface area contributed by atoms with Crippen molar-refractivity contribution in [1.82, 2.24) is 10.2 Å². The van der Waals surface area contributed by atoms with E-state index in [1.165, 1.54) is 45.3 Å². The SMILES string of the molecule is CCCCC1CC(NCC(C)C)CN(C)C1. The van der Waals surface area contributed by atoms with Crippen LogP contribution in [0, 0.1) is 11.8 Å². The monoisotopic (exact) mass is 226 g/mol.